The number of phenols is 3. The minimum atomic E-state index is -2.00. The molecule has 2 aromatic carbocycles. The summed E-state index contributed by atoms with van der Waals surface area (Å²) in [5, 5.41) is 105. The molecule has 6 rings (SSSR count). The highest BCUT2D eigenvalue weighted by Crippen LogP contribution is 2.38. The van der Waals surface area contributed by atoms with Crippen molar-refractivity contribution in [3.8, 4) is 34.3 Å². The average molecular weight is 783 g/mol. The quantitative estimate of drug-likeness (QED) is 0.105. The van der Waals surface area contributed by atoms with E-state index in [1.165, 1.54) is 38.1 Å². The molecule has 0 saturated carbocycles. The third-order valence-corrected chi connectivity index (χ3v) is 9.53. The van der Waals surface area contributed by atoms with Crippen molar-refractivity contribution in [3.05, 3.63) is 46.6 Å². The number of fused-ring (bicyclic) bond motifs is 1. The van der Waals surface area contributed by atoms with E-state index < -0.39 is 133 Å². The molecule has 4 heterocycles. The van der Waals surface area contributed by atoms with Crippen LogP contribution in [0.3, 0.4) is 0 Å². The zero-order valence-electron chi connectivity index (χ0n) is 29.4. The second-order valence-electron chi connectivity index (χ2n) is 13.5. The third-order valence-electron chi connectivity index (χ3n) is 9.53. The number of ether oxygens (including phenoxy) is 7. The number of esters is 1. The molecular weight excluding hydrogens is 740 g/mol. The van der Waals surface area contributed by atoms with Gasteiger partial charge < -0.3 is 88.6 Å². The summed E-state index contributed by atoms with van der Waals surface area (Å²) >= 11 is 0. The zero-order valence-corrected chi connectivity index (χ0v) is 29.4. The molecule has 0 spiro atoms. The summed E-state index contributed by atoms with van der Waals surface area (Å²) in [5.74, 6) is -2.96. The first-order chi connectivity index (χ1) is 26.0. The topological polar surface area (TPSA) is 314 Å². The summed E-state index contributed by atoms with van der Waals surface area (Å²) in [7, 11) is 0. The van der Waals surface area contributed by atoms with E-state index >= 15 is 0 Å². The van der Waals surface area contributed by atoms with Gasteiger partial charge in [-0.25, -0.2) is 0 Å². The van der Waals surface area contributed by atoms with Gasteiger partial charge in [-0.3, -0.25) is 9.59 Å². The molecule has 10 N–H and O–H groups in total. The van der Waals surface area contributed by atoms with Crippen LogP contribution in [-0.4, -0.2) is 156 Å². The van der Waals surface area contributed by atoms with E-state index in [2.05, 4.69) is 0 Å². The second-order valence-corrected chi connectivity index (χ2v) is 13.5. The van der Waals surface area contributed by atoms with Crippen molar-refractivity contribution in [1.29, 1.82) is 0 Å². The van der Waals surface area contributed by atoms with Crippen LogP contribution in [0.15, 0.2) is 45.6 Å². The Morgan fingerprint density at radius 2 is 1.35 bits per heavy atom. The highest BCUT2D eigenvalue weighted by atomic mass is 16.8. The predicted molar refractivity (Wildman–Crippen MR) is 179 cm³/mol. The van der Waals surface area contributed by atoms with Gasteiger partial charge in [0.1, 0.15) is 83.2 Å². The molecule has 0 amide bonds. The van der Waals surface area contributed by atoms with Gasteiger partial charge in [-0.1, -0.05) is 0 Å². The van der Waals surface area contributed by atoms with Crippen LogP contribution in [0.1, 0.15) is 20.8 Å². The lowest BCUT2D eigenvalue weighted by Crippen LogP contribution is -2.64. The fourth-order valence-corrected chi connectivity index (χ4v) is 6.55. The second kappa shape index (κ2) is 16.1. The third kappa shape index (κ3) is 8.08. The van der Waals surface area contributed by atoms with E-state index in [1.54, 1.807) is 0 Å². The molecule has 1 aromatic heterocycles. The van der Waals surface area contributed by atoms with Crippen molar-refractivity contribution >= 4 is 16.9 Å². The lowest BCUT2D eigenvalue weighted by Gasteiger charge is -2.46. The number of aromatic hydroxyl groups is 3. The molecule has 3 saturated heterocycles. The largest absolute Gasteiger partial charge is 0.508 e. The van der Waals surface area contributed by atoms with Gasteiger partial charge in [-0.2, -0.15) is 0 Å². The number of aliphatic hydroxyl groups is 7. The van der Waals surface area contributed by atoms with Crippen LogP contribution in [0.2, 0.25) is 0 Å². The highest BCUT2D eigenvalue weighted by Gasteiger charge is 2.52. The van der Waals surface area contributed by atoms with Gasteiger partial charge in [0, 0.05) is 24.6 Å². The normalized spacial score (nSPS) is 36.7. The number of rotatable bonds is 9. The molecule has 0 bridgehead atoms. The highest BCUT2D eigenvalue weighted by molar-refractivity contribution is 5.88. The number of phenolic OH excluding ortho intramolecular Hbond substituents is 3. The van der Waals surface area contributed by atoms with Crippen LogP contribution < -0.4 is 10.2 Å². The minimum Gasteiger partial charge on any atom is -0.508 e. The summed E-state index contributed by atoms with van der Waals surface area (Å²) < 4.78 is 45.5. The fraction of sp³-hybridized carbons (Fsp3) is 0.543. The Bertz CT molecular complexity index is 1880. The van der Waals surface area contributed by atoms with E-state index in [9.17, 15) is 60.7 Å². The van der Waals surface area contributed by atoms with E-state index in [1.807, 2.05) is 0 Å². The van der Waals surface area contributed by atoms with Crippen molar-refractivity contribution < 1.29 is 93.4 Å². The van der Waals surface area contributed by atoms with Crippen molar-refractivity contribution in [2.24, 2.45) is 0 Å². The fourth-order valence-electron chi connectivity index (χ4n) is 6.55. The standard InChI is InChI=1S/C35H42O20/c1-11-21(40)24(43)26(45)34(49-11)55-32-28(47)33(50-12(2)29(32)51-13(3)36)48-10-19-22(41)25(44)27(46)35(53-19)54-31-23(42)20-17(39)8-16(38)9-18(20)52-30(31)14-4-6-15(37)7-5-14/h4-9,11-12,19,21-22,24-29,32-35,37-41,43-47H,10H2,1-3H3/t11-,12-,19+,21-,22-,24+,25-,26+,27+,28+,29-,32-,33+,34-,35-/m0/s1. The van der Waals surface area contributed by atoms with Gasteiger partial charge in [0.15, 0.2) is 24.4 Å². The van der Waals surface area contributed by atoms with Gasteiger partial charge in [0.25, 0.3) is 0 Å². The van der Waals surface area contributed by atoms with Gasteiger partial charge in [-0.15, -0.1) is 0 Å². The summed E-state index contributed by atoms with van der Waals surface area (Å²) in [6, 6.07) is 7.20. The summed E-state index contributed by atoms with van der Waals surface area (Å²) in [5.41, 5.74) is -1.08. The van der Waals surface area contributed by atoms with Crippen LogP contribution in [0.25, 0.3) is 22.3 Å². The first kappa shape index (κ1) is 40.5. The van der Waals surface area contributed by atoms with Gasteiger partial charge in [0.05, 0.1) is 18.8 Å². The number of hydrogen-bond acceptors (Lipinski definition) is 20. The SMILES string of the molecule is CC(=O)O[C@@H]1[C@@H](O[C@@H]2O[C@@H](C)[C@H](O)[C@@H](O)[C@H]2O)[C@@H](O)[C@H](OC[C@H]2O[C@@H](Oc3c(-c4ccc(O)cc4)oc4cc(O)cc(O)c4c3=O)[C@H](O)[C@@H](O)[C@H]2O)O[C@H]1C. The van der Waals surface area contributed by atoms with Crippen molar-refractivity contribution in [1.82, 2.24) is 0 Å². The lowest BCUT2D eigenvalue weighted by molar-refractivity contribution is -0.359. The average Bonchev–Trinajstić information content (AvgIpc) is 3.13. The molecule has 15 atom stereocenters. The maximum atomic E-state index is 13.8. The van der Waals surface area contributed by atoms with Crippen molar-refractivity contribution in [2.45, 2.75) is 113 Å². The Morgan fingerprint density at radius 3 is 2.02 bits per heavy atom. The molecule has 3 aliphatic heterocycles. The van der Waals surface area contributed by atoms with Gasteiger partial charge >= 0.3 is 5.97 Å². The van der Waals surface area contributed by atoms with E-state index in [0.717, 1.165) is 19.1 Å². The Kier molecular flexibility index (Phi) is 11.9. The van der Waals surface area contributed by atoms with Gasteiger partial charge in [0.2, 0.25) is 17.5 Å². The van der Waals surface area contributed by atoms with Crippen LogP contribution in [0, 0.1) is 0 Å². The predicted octanol–water partition coefficient (Wildman–Crippen LogP) is -1.97. The van der Waals surface area contributed by atoms with E-state index in [4.69, 9.17) is 37.6 Å². The molecule has 302 valence electrons. The molecule has 20 heteroatoms. The summed E-state index contributed by atoms with van der Waals surface area (Å²) in [4.78, 5) is 25.7. The minimum absolute atomic E-state index is 0.134. The summed E-state index contributed by atoms with van der Waals surface area (Å²) in [6.07, 6.45) is -24.2. The Balaban J connectivity index is 1.24. The first-order valence-electron chi connectivity index (χ1n) is 17.1. The first-order valence-corrected chi connectivity index (χ1v) is 17.1. The van der Waals surface area contributed by atoms with E-state index in [-0.39, 0.29) is 22.7 Å². The van der Waals surface area contributed by atoms with Crippen molar-refractivity contribution in [3.63, 3.8) is 0 Å². The Labute approximate surface area is 310 Å². The zero-order chi connectivity index (χ0) is 40.0. The smallest absolute Gasteiger partial charge is 0.303 e. The maximum Gasteiger partial charge on any atom is 0.303 e. The molecule has 0 radical (unpaired) electrons. The molecule has 3 aromatic rings. The van der Waals surface area contributed by atoms with Crippen molar-refractivity contribution in [2.75, 3.05) is 6.61 Å². The maximum absolute atomic E-state index is 13.8. The Morgan fingerprint density at radius 1 is 0.709 bits per heavy atom. The molecule has 20 nitrogen and oxygen atoms in total. The number of carbonyl (C=O) groups is 1. The number of hydrogen-bond donors (Lipinski definition) is 10. The van der Waals surface area contributed by atoms with Crippen LogP contribution in [0.4, 0.5) is 0 Å². The monoisotopic (exact) mass is 782 g/mol. The Hall–Kier alpha value is -4.16. The lowest BCUT2D eigenvalue weighted by atomic mass is 9.97. The van der Waals surface area contributed by atoms with E-state index in [0.29, 0.717) is 0 Å². The summed E-state index contributed by atoms with van der Waals surface area (Å²) in [6.45, 7) is 3.26. The molecule has 3 aliphatic rings. The van der Waals surface area contributed by atoms with Crippen LogP contribution in [0.5, 0.6) is 23.0 Å². The number of aliphatic hydroxyl groups excluding tert-OH is 7. The molecule has 0 unspecified atom stereocenters. The molecule has 0 aliphatic carbocycles. The molecule has 3 fully saturated rings. The van der Waals surface area contributed by atoms with Gasteiger partial charge in [-0.05, 0) is 38.1 Å². The molecular formula is C35H42O20. The number of carbonyl (C=O) groups excluding carboxylic acids is 1. The number of benzene rings is 2. The van der Waals surface area contributed by atoms with Crippen LogP contribution in [-0.2, 0) is 33.2 Å². The van der Waals surface area contributed by atoms with Crippen LogP contribution >= 0.6 is 0 Å². The molecule has 55 heavy (non-hydrogen) atoms.